The fourth-order valence-electron chi connectivity index (χ4n) is 7.10. The molecule has 4 bridgehead atoms. The van der Waals surface area contributed by atoms with Crippen LogP contribution in [0.3, 0.4) is 0 Å². The number of likely N-dealkylation sites (tertiary alicyclic amines) is 1. The van der Waals surface area contributed by atoms with Crippen LogP contribution < -0.4 is 5.32 Å². The van der Waals surface area contributed by atoms with Crippen LogP contribution >= 0.6 is 0 Å². The molecule has 1 heterocycles. The molecule has 4 aliphatic carbocycles. The average Bonchev–Trinajstić information content (AvgIpc) is 2.94. The molecule has 5 atom stereocenters. The third kappa shape index (κ3) is 2.70. The van der Waals surface area contributed by atoms with Crippen molar-refractivity contribution in [1.82, 2.24) is 10.2 Å². The van der Waals surface area contributed by atoms with E-state index in [0.717, 1.165) is 50.6 Å². The molecule has 1 saturated heterocycles. The van der Waals surface area contributed by atoms with Gasteiger partial charge in [-0.25, -0.2) is 0 Å². The average molecular weight is 353 g/mol. The second-order valence-corrected chi connectivity index (χ2v) is 9.94. The number of carbonyl (C=O) groups is 1. The molecule has 26 heavy (non-hydrogen) atoms. The molecule has 4 unspecified atom stereocenters. The number of amides is 1. The standard InChI is InChI=1S/C23H32N2O/c1-25-10-8-20(15-25)24-21(26)22-9-7-17-11-18(13-22)14-23(12-17,16-22)19-5-3-2-4-6-19/h2-6,17-18,20H,7-16H2,1H3,(H,24,26)/t17?,18?,20-,22?,23?/m1/s1. The fourth-order valence-corrected chi connectivity index (χ4v) is 7.10. The molecule has 6 rings (SSSR count). The lowest BCUT2D eigenvalue weighted by atomic mass is 9.52. The molecule has 5 aliphatic rings. The van der Waals surface area contributed by atoms with E-state index in [2.05, 4.69) is 47.6 Å². The Kier molecular flexibility index (Phi) is 3.93. The fraction of sp³-hybridized carbons (Fsp3) is 0.696. The number of hydrogen-bond donors (Lipinski definition) is 1. The van der Waals surface area contributed by atoms with Crippen LogP contribution in [-0.4, -0.2) is 37.0 Å². The van der Waals surface area contributed by atoms with Gasteiger partial charge in [-0.05, 0) is 87.8 Å². The summed E-state index contributed by atoms with van der Waals surface area (Å²) in [4.78, 5) is 15.9. The summed E-state index contributed by atoms with van der Waals surface area (Å²) in [5, 5.41) is 3.48. The SMILES string of the molecule is CN1CC[C@@H](NC(=O)C23CCC4CC(C2)CC(c2ccccc2)(C4)C3)C1. The van der Waals surface area contributed by atoms with Crippen molar-refractivity contribution in [3.63, 3.8) is 0 Å². The molecule has 1 aromatic rings. The highest BCUT2D eigenvalue weighted by Gasteiger charge is 2.58. The van der Waals surface area contributed by atoms with Gasteiger partial charge in [0.15, 0.2) is 0 Å². The minimum atomic E-state index is -0.120. The number of hydrogen-bond acceptors (Lipinski definition) is 2. The van der Waals surface area contributed by atoms with Crippen LogP contribution in [0, 0.1) is 17.3 Å². The van der Waals surface area contributed by atoms with E-state index in [1.54, 1.807) is 0 Å². The molecule has 3 heteroatoms. The molecule has 0 radical (unpaired) electrons. The Labute approximate surface area is 157 Å². The smallest absolute Gasteiger partial charge is 0.226 e. The summed E-state index contributed by atoms with van der Waals surface area (Å²) in [5.41, 5.74) is 1.62. The summed E-state index contributed by atoms with van der Waals surface area (Å²) < 4.78 is 0. The van der Waals surface area contributed by atoms with Gasteiger partial charge in [-0.2, -0.15) is 0 Å². The van der Waals surface area contributed by atoms with E-state index >= 15 is 0 Å². The first kappa shape index (κ1) is 16.8. The molecular weight excluding hydrogens is 320 g/mol. The number of rotatable bonds is 3. The zero-order chi connectivity index (χ0) is 17.8. The second-order valence-electron chi connectivity index (χ2n) is 9.94. The maximum atomic E-state index is 13.6. The van der Waals surface area contributed by atoms with Crippen molar-refractivity contribution >= 4 is 5.91 Å². The lowest BCUT2D eigenvalue weighted by molar-refractivity contribution is -0.137. The Hall–Kier alpha value is -1.35. The number of likely N-dealkylation sites (N-methyl/N-ethyl adjacent to an activating group) is 1. The Morgan fingerprint density at radius 3 is 2.69 bits per heavy atom. The number of nitrogens with one attached hydrogen (secondary N) is 1. The molecule has 3 nitrogen and oxygen atoms in total. The summed E-state index contributed by atoms with van der Waals surface area (Å²) in [7, 11) is 2.16. The lowest BCUT2D eigenvalue weighted by Crippen LogP contribution is -2.53. The van der Waals surface area contributed by atoms with Crippen LogP contribution in [0.4, 0.5) is 0 Å². The molecule has 0 spiro atoms. The van der Waals surface area contributed by atoms with Crippen molar-refractivity contribution in [2.75, 3.05) is 20.1 Å². The second kappa shape index (κ2) is 6.09. The van der Waals surface area contributed by atoms with Crippen LogP contribution in [0.25, 0.3) is 0 Å². The normalized spacial score (nSPS) is 42.0. The van der Waals surface area contributed by atoms with Crippen LogP contribution in [0.15, 0.2) is 30.3 Å². The molecule has 1 aromatic carbocycles. The van der Waals surface area contributed by atoms with Crippen LogP contribution in [0.1, 0.15) is 56.9 Å². The zero-order valence-corrected chi connectivity index (χ0v) is 16.0. The summed E-state index contributed by atoms with van der Waals surface area (Å²) in [5.74, 6) is 1.94. The summed E-state index contributed by atoms with van der Waals surface area (Å²) >= 11 is 0. The van der Waals surface area contributed by atoms with Gasteiger partial charge in [0.25, 0.3) is 0 Å². The minimum Gasteiger partial charge on any atom is -0.352 e. The largest absolute Gasteiger partial charge is 0.352 e. The van der Waals surface area contributed by atoms with Gasteiger partial charge in [-0.15, -0.1) is 0 Å². The Bertz CT molecular complexity index is 689. The van der Waals surface area contributed by atoms with Gasteiger partial charge in [0.1, 0.15) is 0 Å². The van der Waals surface area contributed by atoms with Crippen molar-refractivity contribution in [3.05, 3.63) is 35.9 Å². The molecule has 5 fully saturated rings. The van der Waals surface area contributed by atoms with Crippen LogP contribution in [0.5, 0.6) is 0 Å². The van der Waals surface area contributed by atoms with Crippen molar-refractivity contribution < 1.29 is 4.79 Å². The maximum absolute atomic E-state index is 13.6. The van der Waals surface area contributed by atoms with Gasteiger partial charge in [0, 0.05) is 12.6 Å². The van der Waals surface area contributed by atoms with E-state index in [1.165, 1.54) is 31.2 Å². The Morgan fingerprint density at radius 2 is 1.92 bits per heavy atom. The Morgan fingerprint density at radius 1 is 1.12 bits per heavy atom. The third-order valence-electron chi connectivity index (χ3n) is 8.01. The molecule has 1 aliphatic heterocycles. The van der Waals surface area contributed by atoms with Crippen molar-refractivity contribution in [2.45, 2.75) is 62.8 Å². The van der Waals surface area contributed by atoms with E-state index in [-0.39, 0.29) is 10.8 Å². The molecule has 0 aromatic heterocycles. The van der Waals surface area contributed by atoms with Gasteiger partial charge in [0.05, 0.1) is 5.41 Å². The highest BCUT2D eigenvalue weighted by molar-refractivity contribution is 5.83. The van der Waals surface area contributed by atoms with E-state index in [4.69, 9.17) is 0 Å². The number of fused-ring (bicyclic) bond motifs is 1. The van der Waals surface area contributed by atoms with Crippen molar-refractivity contribution in [1.29, 1.82) is 0 Å². The molecule has 1 N–H and O–H groups in total. The van der Waals surface area contributed by atoms with Gasteiger partial charge >= 0.3 is 0 Å². The van der Waals surface area contributed by atoms with E-state index in [9.17, 15) is 4.79 Å². The minimum absolute atomic E-state index is 0.120. The molecule has 140 valence electrons. The lowest BCUT2D eigenvalue weighted by Gasteiger charge is -2.52. The van der Waals surface area contributed by atoms with Gasteiger partial charge in [0.2, 0.25) is 5.91 Å². The number of nitrogens with zero attached hydrogens (tertiary/aromatic N) is 1. The summed E-state index contributed by atoms with van der Waals surface area (Å²) in [6.07, 6.45) is 9.63. The first-order valence-corrected chi connectivity index (χ1v) is 10.6. The van der Waals surface area contributed by atoms with Crippen LogP contribution in [0.2, 0.25) is 0 Å². The quantitative estimate of drug-likeness (QED) is 0.899. The van der Waals surface area contributed by atoms with Crippen LogP contribution in [-0.2, 0) is 10.2 Å². The highest BCUT2D eigenvalue weighted by Crippen LogP contribution is 2.63. The predicted molar refractivity (Wildman–Crippen MR) is 104 cm³/mol. The highest BCUT2D eigenvalue weighted by atomic mass is 16.2. The van der Waals surface area contributed by atoms with Gasteiger partial charge in [-0.3, -0.25) is 4.79 Å². The van der Waals surface area contributed by atoms with Crippen molar-refractivity contribution in [2.24, 2.45) is 17.3 Å². The monoisotopic (exact) mass is 352 g/mol. The van der Waals surface area contributed by atoms with Gasteiger partial charge in [-0.1, -0.05) is 30.3 Å². The van der Waals surface area contributed by atoms with Gasteiger partial charge < -0.3 is 10.2 Å². The first-order valence-electron chi connectivity index (χ1n) is 10.6. The summed E-state index contributed by atoms with van der Waals surface area (Å²) in [6, 6.07) is 11.5. The third-order valence-corrected chi connectivity index (χ3v) is 8.01. The summed E-state index contributed by atoms with van der Waals surface area (Å²) in [6.45, 7) is 2.12. The van der Waals surface area contributed by atoms with E-state index < -0.39 is 0 Å². The predicted octanol–water partition coefficient (Wildman–Crippen LogP) is 3.74. The number of carbonyl (C=O) groups excluding carboxylic acids is 1. The molecule has 1 amide bonds. The van der Waals surface area contributed by atoms with Crippen molar-refractivity contribution in [3.8, 4) is 0 Å². The molecular formula is C23H32N2O. The Balaban J connectivity index is 1.46. The van der Waals surface area contributed by atoms with E-state index in [0.29, 0.717) is 11.9 Å². The van der Waals surface area contributed by atoms with E-state index in [1.807, 2.05) is 0 Å². The number of benzene rings is 1. The zero-order valence-electron chi connectivity index (χ0n) is 16.0. The molecule has 4 saturated carbocycles. The maximum Gasteiger partial charge on any atom is 0.226 e. The topological polar surface area (TPSA) is 32.3 Å². The first-order chi connectivity index (χ1) is 12.6.